The van der Waals surface area contributed by atoms with Crippen molar-refractivity contribution in [1.29, 1.82) is 0 Å². The summed E-state index contributed by atoms with van der Waals surface area (Å²) in [4.78, 5) is 11.1. The number of halogens is 3. The highest BCUT2D eigenvalue weighted by Gasteiger charge is 2.33. The zero-order chi connectivity index (χ0) is 12.1. The Bertz CT molecular complexity index is 216. The van der Waals surface area contributed by atoms with Crippen molar-refractivity contribution in [2.75, 3.05) is 19.8 Å². The van der Waals surface area contributed by atoms with Gasteiger partial charge in [-0.2, -0.15) is 13.2 Å². The number of nitrogens with two attached hydrogens (primary N) is 1. The van der Waals surface area contributed by atoms with Crippen molar-refractivity contribution in [3.05, 3.63) is 0 Å². The van der Waals surface area contributed by atoms with Gasteiger partial charge in [-0.15, -0.1) is 0 Å². The molecule has 0 saturated carbocycles. The van der Waals surface area contributed by atoms with Crippen molar-refractivity contribution >= 4 is 5.97 Å². The van der Waals surface area contributed by atoms with E-state index in [2.05, 4.69) is 9.47 Å². The van der Waals surface area contributed by atoms with Crippen molar-refractivity contribution in [1.82, 2.24) is 0 Å². The summed E-state index contributed by atoms with van der Waals surface area (Å²) in [5.74, 6) is -0.785. The van der Waals surface area contributed by atoms with E-state index < -0.39 is 30.9 Å². The molecule has 4 nitrogen and oxygen atoms in total. The largest absolute Gasteiger partial charge is 0.465 e. The molecule has 2 N–H and O–H groups in total. The molecule has 0 fully saturated rings. The Hall–Kier alpha value is -0.820. The quantitative estimate of drug-likeness (QED) is 0.710. The standard InChI is InChI=1S/C8H14F3NO3/c1-3-15-6(13)7(2,12)4-14-5-8(9,10)11/h3-5,12H2,1-2H3. The fourth-order valence-electron chi connectivity index (χ4n) is 0.734. The minimum Gasteiger partial charge on any atom is -0.465 e. The average Bonchev–Trinajstić information content (AvgIpc) is 2.01. The zero-order valence-corrected chi connectivity index (χ0v) is 8.56. The number of hydrogen-bond donors (Lipinski definition) is 1. The van der Waals surface area contributed by atoms with Crippen LogP contribution in [0.4, 0.5) is 13.2 Å². The lowest BCUT2D eigenvalue weighted by Gasteiger charge is -2.22. The fourth-order valence-corrected chi connectivity index (χ4v) is 0.734. The Balaban J connectivity index is 3.99. The van der Waals surface area contributed by atoms with Crippen LogP contribution in [0.5, 0.6) is 0 Å². The molecule has 0 aliphatic rings. The van der Waals surface area contributed by atoms with E-state index >= 15 is 0 Å². The summed E-state index contributed by atoms with van der Waals surface area (Å²) in [6.45, 7) is 0.974. The fraction of sp³-hybridized carbons (Fsp3) is 0.875. The first-order chi connectivity index (χ1) is 6.69. The minimum atomic E-state index is -4.43. The van der Waals surface area contributed by atoms with Crippen LogP contribution in [-0.2, 0) is 14.3 Å². The molecule has 0 spiro atoms. The molecule has 0 aliphatic heterocycles. The van der Waals surface area contributed by atoms with Crippen LogP contribution in [-0.4, -0.2) is 37.5 Å². The summed E-state index contributed by atoms with van der Waals surface area (Å²) in [5, 5.41) is 0. The Kier molecular flexibility index (Phi) is 5.02. The first-order valence-corrected chi connectivity index (χ1v) is 4.29. The van der Waals surface area contributed by atoms with Gasteiger partial charge in [-0.1, -0.05) is 0 Å². The van der Waals surface area contributed by atoms with E-state index in [0.717, 1.165) is 0 Å². The Morgan fingerprint density at radius 1 is 1.33 bits per heavy atom. The number of hydrogen-bond acceptors (Lipinski definition) is 4. The first-order valence-electron chi connectivity index (χ1n) is 4.29. The Morgan fingerprint density at radius 3 is 2.27 bits per heavy atom. The van der Waals surface area contributed by atoms with Crippen LogP contribution in [0, 0.1) is 0 Å². The third-order valence-corrected chi connectivity index (χ3v) is 1.41. The highest BCUT2D eigenvalue weighted by molar-refractivity contribution is 5.80. The lowest BCUT2D eigenvalue weighted by molar-refractivity contribution is -0.181. The number of esters is 1. The van der Waals surface area contributed by atoms with E-state index in [-0.39, 0.29) is 6.61 Å². The maximum atomic E-state index is 11.7. The number of carbonyl (C=O) groups excluding carboxylic acids is 1. The predicted octanol–water partition coefficient (Wildman–Crippen LogP) is 0.846. The lowest BCUT2D eigenvalue weighted by Crippen LogP contribution is -2.50. The third kappa shape index (κ3) is 6.29. The van der Waals surface area contributed by atoms with Crippen molar-refractivity contribution in [2.24, 2.45) is 5.73 Å². The van der Waals surface area contributed by atoms with E-state index in [1.54, 1.807) is 6.92 Å². The van der Waals surface area contributed by atoms with Gasteiger partial charge in [0.2, 0.25) is 0 Å². The molecule has 0 aromatic rings. The topological polar surface area (TPSA) is 61.5 Å². The molecular formula is C8H14F3NO3. The molecular weight excluding hydrogens is 215 g/mol. The molecule has 15 heavy (non-hydrogen) atoms. The highest BCUT2D eigenvalue weighted by atomic mass is 19.4. The number of alkyl halides is 3. The second-order valence-electron chi connectivity index (χ2n) is 3.25. The summed E-state index contributed by atoms with van der Waals surface area (Å²) >= 11 is 0. The molecule has 0 aliphatic carbocycles. The van der Waals surface area contributed by atoms with E-state index in [1.807, 2.05) is 0 Å². The van der Waals surface area contributed by atoms with Gasteiger partial charge in [-0.05, 0) is 13.8 Å². The molecule has 0 radical (unpaired) electrons. The van der Waals surface area contributed by atoms with E-state index in [4.69, 9.17) is 5.73 Å². The zero-order valence-electron chi connectivity index (χ0n) is 8.56. The molecule has 0 saturated heterocycles. The number of carbonyl (C=O) groups is 1. The smallest absolute Gasteiger partial charge is 0.411 e. The van der Waals surface area contributed by atoms with Crippen molar-refractivity contribution in [2.45, 2.75) is 25.6 Å². The molecule has 90 valence electrons. The van der Waals surface area contributed by atoms with Crippen molar-refractivity contribution in [3.63, 3.8) is 0 Å². The van der Waals surface area contributed by atoms with Crippen molar-refractivity contribution < 1.29 is 27.4 Å². The van der Waals surface area contributed by atoms with Crippen molar-refractivity contribution in [3.8, 4) is 0 Å². The first kappa shape index (κ1) is 14.2. The van der Waals surface area contributed by atoms with E-state index in [0.29, 0.717) is 0 Å². The molecule has 0 amide bonds. The molecule has 0 bridgehead atoms. The maximum absolute atomic E-state index is 11.7. The molecule has 1 unspecified atom stereocenters. The highest BCUT2D eigenvalue weighted by Crippen LogP contribution is 2.15. The average molecular weight is 229 g/mol. The minimum absolute atomic E-state index is 0.116. The molecule has 0 aromatic heterocycles. The molecule has 0 aromatic carbocycles. The normalized spacial score (nSPS) is 15.9. The van der Waals surface area contributed by atoms with Crippen LogP contribution >= 0.6 is 0 Å². The van der Waals surface area contributed by atoms with Crippen LogP contribution in [0.2, 0.25) is 0 Å². The Morgan fingerprint density at radius 2 is 1.87 bits per heavy atom. The van der Waals surface area contributed by atoms with Gasteiger partial charge in [-0.3, -0.25) is 0 Å². The summed E-state index contributed by atoms with van der Waals surface area (Å²) in [5.41, 5.74) is 3.85. The molecule has 1 atom stereocenters. The second kappa shape index (κ2) is 5.32. The number of ether oxygens (including phenoxy) is 2. The van der Waals surface area contributed by atoms with E-state index in [1.165, 1.54) is 6.92 Å². The predicted molar refractivity (Wildman–Crippen MR) is 46.1 cm³/mol. The van der Waals surface area contributed by atoms with Gasteiger partial charge in [0.1, 0.15) is 12.1 Å². The third-order valence-electron chi connectivity index (χ3n) is 1.41. The van der Waals surface area contributed by atoms with Gasteiger partial charge in [-0.25, -0.2) is 4.79 Å². The molecule has 0 heterocycles. The number of rotatable bonds is 5. The molecule has 7 heteroatoms. The summed E-state index contributed by atoms with van der Waals surface area (Å²) < 4.78 is 43.9. The van der Waals surface area contributed by atoms with Gasteiger partial charge >= 0.3 is 12.1 Å². The van der Waals surface area contributed by atoms with Crippen LogP contribution in [0.25, 0.3) is 0 Å². The van der Waals surface area contributed by atoms with Gasteiger partial charge in [0, 0.05) is 0 Å². The SMILES string of the molecule is CCOC(=O)C(C)(N)COCC(F)(F)F. The van der Waals surface area contributed by atoms with Gasteiger partial charge in [0.15, 0.2) is 0 Å². The van der Waals surface area contributed by atoms with Crippen LogP contribution in [0.15, 0.2) is 0 Å². The van der Waals surface area contributed by atoms with E-state index in [9.17, 15) is 18.0 Å². The van der Waals surface area contributed by atoms with Crippen LogP contribution in [0.1, 0.15) is 13.8 Å². The summed E-state index contributed by atoms with van der Waals surface area (Å²) in [7, 11) is 0. The maximum Gasteiger partial charge on any atom is 0.411 e. The monoisotopic (exact) mass is 229 g/mol. The van der Waals surface area contributed by atoms with Gasteiger partial charge in [0.05, 0.1) is 13.2 Å². The van der Waals surface area contributed by atoms with Gasteiger partial charge < -0.3 is 15.2 Å². The summed E-state index contributed by atoms with van der Waals surface area (Å²) in [6, 6.07) is 0. The van der Waals surface area contributed by atoms with Crippen LogP contribution in [0.3, 0.4) is 0 Å². The summed E-state index contributed by atoms with van der Waals surface area (Å²) in [6.07, 6.45) is -4.43. The Labute approximate surface area is 85.5 Å². The van der Waals surface area contributed by atoms with Crippen LogP contribution < -0.4 is 5.73 Å². The van der Waals surface area contributed by atoms with Gasteiger partial charge in [0.25, 0.3) is 0 Å². The second-order valence-corrected chi connectivity index (χ2v) is 3.25. The lowest BCUT2D eigenvalue weighted by atomic mass is 10.1. The molecule has 0 rings (SSSR count).